The van der Waals surface area contributed by atoms with Crippen LogP contribution in [-0.2, 0) is 11.3 Å². The monoisotopic (exact) mass is 356 g/mol. The number of Topliss-reactive ketones (excluding diaryl/α,β-unsaturated/α-hetero) is 1. The van der Waals surface area contributed by atoms with E-state index in [4.69, 9.17) is 0 Å². The number of carbonyl (C=O) groups excluding carboxylic acids is 2. The number of piperidine rings is 2. The first kappa shape index (κ1) is 19.1. The highest BCUT2D eigenvalue weighted by molar-refractivity contribution is 5.94. The molecule has 142 valence electrons. The molecule has 0 N–H and O–H groups in total. The summed E-state index contributed by atoms with van der Waals surface area (Å²) < 4.78 is 0. The highest BCUT2D eigenvalue weighted by Crippen LogP contribution is 2.39. The van der Waals surface area contributed by atoms with Crippen molar-refractivity contribution in [1.82, 2.24) is 9.80 Å². The Kier molecular flexibility index (Phi) is 6.13. The summed E-state index contributed by atoms with van der Waals surface area (Å²) in [6.45, 7) is 8.79. The van der Waals surface area contributed by atoms with Crippen LogP contribution in [0.4, 0.5) is 0 Å². The van der Waals surface area contributed by atoms with E-state index in [1.165, 1.54) is 18.4 Å². The Hall–Kier alpha value is -1.68. The molecule has 1 aromatic carbocycles. The van der Waals surface area contributed by atoms with Gasteiger partial charge >= 0.3 is 0 Å². The summed E-state index contributed by atoms with van der Waals surface area (Å²) in [5.74, 6) is 0.466. The Labute approximate surface area is 157 Å². The quantitative estimate of drug-likeness (QED) is 0.726. The zero-order chi connectivity index (χ0) is 18.6. The van der Waals surface area contributed by atoms with E-state index >= 15 is 0 Å². The van der Waals surface area contributed by atoms with E-state index in [-0.39, 0.29) is 11.2 Å². The summed E-state index contributed by atoms with van der Waals surface area (Å²) in [6, 6.07) is 8.03. The summed E-state index contributed by atoms with van der Waals surface area (Å²) in [7, 11) is 0. The van der Waals surface area contributed by atoms with Gasteiger partial charge in [-0.25, -0.2) is 0 Å². The molecule has 4 nitrogen and oxygen atoms in total. The van der Waals surface area contributed by atoms with Crippen molar-refractivity contribution >= 4 is 11.7 Å². The third-order valence-electron chi connectivity index (χ3n) is 6.04. The lowest BCUT2D eigenvalue weighted by molar-refractivity contribution is -0.139. The van der Waals surface area contributed by atoms with Gasteiger partial charge in [-0.1, -0.05) is 37.6 Å². The highest BCUT2D eigenvalue weighted by atomic mass is 16.2. The van der Waals surface area contributed by atoms with Crippen molar-refractivity contribution in [2.24, 2.45) is 5.41 Å². The second kappa shape index (κ2) is 8.34. The van der Waals surface area contributed by atoms with Crippen LogP contribution in [0.2, 0.25) is 0 Å². The standard InChI is InChI=1S/C22H32N2O2/c1-3-4-14-24-17-22(12-10-21(24)26)11-5-13-23(16-22)15-19-6-8-20(9-7-19)18(2)25/h6-9H,3-5,10-17H2,1-2H3. The van der Waals surface area contributed by atoms with Crippen molar-refractivity contribution in [3.05, 3.63) is 35.4 Å². The van der Waals surface area contributed by atoms with E-state index in [9.17, 15) is 9.59 Å². The number of nitrogens with zero attached hydrogens (tertiary/aromatic N) is 2. The Morgan fingerprint density at radius 1 is 1.15 bits per heavy atom. The summed E-state index contributed by atoms with van der Waals surface area (Å²) in [6.07, 6.45) is 6.44. The van der Waals surface area contributed by atoms with Crippen molar-refractivity contribution in [3.63, 3.8) is 0 Å². The summed E-state index contributed by atoms with van der Waals surface area (Å²) in [5.41, 5.74) is 2.32. The number of benzene rings is 1. The molecule has 1 atom stereocenters. The molecular weight excluding hydrogens is 324 g/mol. The predicted molar refractivity (Wildman–Crippen MR) is 104 cm³/mol. The first-order valence-electron chi connectivity index (χ1n) is 10.1. The molecule has 0 saturated carbocycles. The van der Waals surface area contributed by atoms with Crippen LogP contribution in [0, 0.1) is 5.41 Å². The maximum Gasteiger partial charge on any atom is 0.222 e. The van der Waals surface area contributed by atoms with Gasteiger partial charge in [0.1, 0.15) is 0 Å². The number of carbonyl (C=O) groups is 2. The molecule has 2 fully saturated rings. The summed E-state index contributed by atoms with van der Waals surface area (Å²) >= 11 is 0. The van der Waals surface area contributed by atoms with Crippen LogP contribution >= 0.6 is 0 Å². The van der Waals surface area contributed by atoms with Crippen molar-refractivity contribution in [1.29, 1.82) is 0 Å². The maximum absolute atomic E-state index is 12.3. The first-order chi connectivity index (χ1) is 12.5. The van der Waals surface area contributed by atoms with Crippen LogP contribution in [0.1, 0.15) is 68.3 Å². The maximum atomic E-state index is 12.3. The van der Waals surface area contributed by atoms with Crippen LogP contribution < -0.4 is 0 Å². The van der Waals surface area contributed by atoms with Crippen LogP contribution in [0.15, 0.2) is 24.3 Å². The van der Waals surface area contributed by atoms with Gasteiger partial charge in [-0.05, 0) is 44.7 Å². The Morgan fingerprint density at radius 3 is 2.62 bits per heavy atom. The molecule has 3 rings (SSSR count). The SMILES string of the molecule is CCCCN1CC2(CCCN(Cc3ccc(C(C)=O)cc3)C2)CCC1=O. The Morgan fingerprint density at radius 2 is 1.92 bits per heavy atom. The molecule has 1 spiro atoms. The molecule has 2 aliphatic rings. The molecule has 2 aliphatic heterocycles. The molecule has 0 aliphatic carbocycles. The largest absolute Gasteiger partial charge is 0.342 e. The first-order valence-corrected chi connectivity index (χ1v) is 10.1. The number of likely N-dealkylation sites (tertiary alicyclic amines) is 2. The number of amides is 1. The van der Waals surface area contributed by atoms with Crippen molar-refractivity contribution < 1.29 is 9.59 Å². The number of unbranched alkanes of at least 4 members (excludes halogenated alkanes) is 1. The Balaban J connectivity index is 1.62. The van der Waals surface area contributed by atoms with E-state index in [0.29, 0.717) is 12.3 Å². The van der Waals surface area contributed by atoms with Gasteiger partial charge in [-0.2, -0.15) is 0 Å². The summed E-state index contributed by atoms with van der Waals surface area (Å²) in [5, 5.41) is 0. The van der Waals surface area contributed by atoms with Crippen molar-refractivity contribution in [3.8, 4) is 0 Å². The molecule has 1 unspecified atom stereocenters. The summed E-state index contributed by atoms with van der Waals surface area (Å²) in [4.78, 5) is 28.4. The van der Waals surface area contributed by atoms with Gasteiger partial charge in [-0.15, -0.1) is 0 Å². The lowest BCUT2D eigenvalue weighted by Crippen LogP contribution is -2.53. The molecule has 4 heteroatoms. The van der Waals surface area contributed by atoms with Gasteiger partial charge in [0.25, 0.3) is 0 Å². The van der Waals surface area contributed by atoms with Gasteiger partial charge in [0.2, 0.25) is 5.91 Å². The minimum Gasteiger partial charge on any atom is -0.342 e. The van der Waals surface area contributed by atoms with E-state index in [2.05, 4.69) is 28.9 Å². The second-order valence-electron chi connectivity index (χ2n) is 8.24. The molecule has 0 bridgehead atoms. The molecule has 0 aromatic heterocycles. The van der Waals surface area contributed by atoms with Crippen LogP contribution in [0.5, 0.6) is 0 Å². The van der Waals surface area contributed by atoms with Crippen LogP contribution in [0.3, 0.4) is 0 Å². The fourth-order valence-corrected chi connectivity index (χ4v) is 4.54. The van der Waals surface area contributed by atoms with Gasteiger partial charge in [-0.3, -0.25) is 14.5 Å². The van der Waals surface area contributed by atoms with E-state index in [0.717, 1.165) is 57.5 Å². The van der Waals surface area contributed by atoms with E-state index in [1.54, 1.807) is 6.92 Å². The van der Waals surface area contributed by atoms with Crippen molar-refractivity contribution in [2.75, 3.05) is 26.2 Å². The average Bonchev–Trinajstić information content (AvgIpc) is 2.63. The minimum absolute atomic E-state index is 0.118. The van der Waals surface area contributed by atoms with Gasteiger partial charge < -0.3 is 4.90 Å². The predicted octanol–water partition coefficient (Wildman–Crippen LogP) is 3.89. The fraction of sp³-hybridized carbons (Fsp3) is 0.636. The average molecular weight is 357 g/mol. The fourth-order valence-electron chi connectivity index (χ4n) is 4.54. The minimum atomic E-state index is 0.118. The number of ketones is 1. The molecule has 1 amide bonds. The molecule has 0 radical (unpaired) electrons. The molecule has 2 saturated heterocycles. The van der Waals surface area contributed by atoms with Gasteiger partial charge in [0, 0.05) is 43.6 Å². The van der Waals surface area contributed by atoms with E-state index < -0.39 is 0 Å². The molecule has 1 aromatic rings. The zero-order valence-electron chi connectivity index (χ0n) is 16.3. The van der Waals surface area contributed by atoms with Gasteiger partial charge in [0.15, 0.2) is 5.78 Å². The van der Waals surface area contributed by atoms with Crippen molar-refractivity contribution in [2.45, 2.75) is 58.9 Å². The number of hydrogen-bond donors (Lipinski definition) is 0. The van der Waals surface area contributed by atoms with Crippen LogP contribution in [-0.4, -0.2) is 47.7 Å². The topological polar surface area (TPSA) is 40.6 Å². The highest BCUT2D eigenvalue weighted by Gasteiger charge is 2.41. The lowest BCUT2D eigenvalue weighted by Gasteiger charge is -2.48. The Bertz CT molecular complexity index is 640. The second-order valence-corrected chi connectivity index (χ2v) is 8.24. The zero-order valence-corrected chi connectivity index (χ0v) is 16.3. The lowest BCUT2D eigenvalue weighted by atomic mass is 9.73. The number of rotatable bonds is 6. The molecule has 2 heterocycles. The third kappa shape index (κ3) is 4.53. The third-order valence-corrected chi connectivity index (χ3v) is 6.04. The number of hydrogen-bond acceptors (Lipinski definition) is 3. The molecular formula is C22H32N2O2. The smallest absolute Gasteiger partial charge is 0.222 e. The van der Waals surface area contributed by atoms with E-state index in [1.807, 2.05) is 12.1 Å². The molecule has 26 heavy (non-hydrogen) atoms. The normalized spacial score (nSPS) is 24.2. The van der Waals surface area contributed by atoms with Crippen LogP contribution in [0.25, 0.3) is 0 Å². The van der Waals surface area contributed by atoms with Gasteiger partial charge in [0.05, 0.1) is 0 Å².